The quantitative estimate of drug-likeness (QED) is 0.869. The lowest BCUT2D eigenvalue weighted by Crippen LogP contribution is -2.40. The SMILES string of the molecule is CC(C)C1CCCN(C(=O)[C@@H]2CC[C@H](CN)O2)CC1.Cl. The third-order valence-corrected chi connectivity index (χ3v) is 4.67. The predicted molar refractivity (Wildman–Crippen MR) is 83.0 cm³/mol. The summed E-state index contributed by atoms with van der Waals surface area (Å²) >= 11 is 0. The molecule has 118 valence electrons. The summed E-state index contributed by atoms with van der Waals surface area (Å²) in [6, 6.07) is 0. The summed E-state index contributed by atoms with van der Waals surface area (Å²) in [4.78, 5) is 14.5. The number of halogens is 1. The van der Waals surface area contributed by atoms with E-state index >= 15 is 0 Å². The summed E-state index contributed by atoms with van der Waals surface area (Å²) in [5, 5.41) is 0. The van der Waals surface area contributed by atoms with Crippen LogP contribution in [0.1, 0.15) is 46.0 Å². The second-order valence-electron chi connectivity index (χ2n) is 6.32. The van der Waals surface area contributed by atoms with Crippen molar-refractivity contribution in [3.63, 3.8) is 0 Å². The Morgan fingerprint density at radius 3 is 2.60 bits per heavy atom. The molecule has 1 unspecified atom stereocenters. The van der Waals surface area contributed by atoms with E-state index in [4.69, 9.17) is 10.5 Å². The van der Waals surface area contributed by atoms with Gasteiger partial charge in [-0.3, -0.25) is 4.79 Å². The summed E-state index contributed by atoms with van der Waals surface area (Å²) in [5.41, 5.74) is 5.60. The molecule has 0 aromatic heterocycles. The summed E-state index contributed by atoms with van der Waals surface area (Å²) in [5.74, 6) is 1.68. The van der Waals surface area contributed by atoms with Crippen molar-refractivity contribution < 1.29 is 9.53 Å². The molecular formula is C15H29ClN2O2. The van der Waals surface area contributed by atoms with E-state index in [0.29, 0.717) is 6.54 Å². The van der Waals surface area contributed by atoms with Crippen LogP contribution in [0.3, 0.4) is 0 Å². The number of carbonyl (C=O) groups is 1. The van der Waals surface area contributed by atoms with Gasteiger partial charge in [-0.05, 0) is 43.9 Å². The molecule has 2 aliphatic rings. The molecule has 2 heterocycles. The third kappa shape index (κ3) is 4.34. The number of hydrogen-bond acceptors (Lipinski definition) is 3. The highest BCUT2D eigenvalue weighted by Gasteiger charge is 2.33. The lowest BCUT2D eigenvalue weighted by Gasteiger charge is -2.24. The van der Waals surface area contributed by atoms with Gasteiger partial charge >= 0.3 is 0 Å². The molecule has 0 aliphatic carbocycles. The Balaban J connectivity index is 0.00000200. The highest BCUT2D eigenvalue weighted by atomic mass is 35.5. The van der Waals surface area contributed by atoms with Crippen molar-refractivity contribution in [3.8, 4) is 0 Å². The summed E-state index contributed by atoms with van der Waals surface area (Å²) < 4.78 is 5.72. The summed E-state index contributed by atoms with van der Waals surface area (Å²) in [6.45, 7) is 6.89. The van der Waals surface area contributed by atoms with Gasteiger partial charge < -0.3 is 15.4 Å². The molecule has 0 saturated carbocycles. The topological polar surface area (TPSA) is 55.6 Å². The van der Waals surface area contributed by atoms with Crippen molar-refractivity contribution >= 4 is 18.3 Å². The van der Waals surface area contributed by atoms with Crippen LogP contribution in [0.25, 0.3) is 0 Å². The van der Waals surface area contributed by atoms with Gasteiger partial charge in [-0.25, -0.2) is 0 Å². The van der Waals surface area contributed by atoms with Gasteiger partial charge in [0.25, 0.3) is 5.91 Å². The van der Waals surface area contributed by atoms with Crippen molar-refractivity contribution in [2.45, 2.75) is 58.2 Å². The normalized spacial score (nSPS) is 31.0. The smallest absolute Gasteiger partial charge is 0.251 e. The zero-order valence-corrected chi connectivity index (χ0v) is 13.5. The van der Waals surface area contributed by atoms with Crippen LogP contribution >= 0.6 is 12.4 Å². The third-order valence-electron chi connectivity index (χ3n) is 4.67. The first-order valence-corrected chi connectivity index (χ1v) is 7.76. The van der Waals surface area contributed by atoms with Crippen LogP contribution < -0.4 is 5.73 Å². The average Bonchev–Trinajstić information content (AvgIpc) is 2.74. The van der Waals surface area contributed by atoms with Crippen LogP contribution in [-0.2, 0) is 9.53 Å². The molecule has 2 saturated heterocycles. The molecule has 2 aliphatic heterocycles. The first-order valence-electron chi connectivity index (χ1n) is 7.76. The van der Waals surface area contributed by atoms with Gasteiger partial charge in [0.05, 0.1) is 6.10 Å². The van der Waals surface area contributed by atoms with Crippen LogP contribution in [0, 0.1) is 11.8 Å². The lowest BCUT2D eigenvalue weighted by molar-refractivity contribution is -0.142. The monoisotopic (exact) mass is 304 g/mol. The van der Waals surface area contributed by atoms with E-state index in [-0.39, 0.29) is 30.5 Å². The number of hydrogen-bond donors (Lipinski definition) is 1. The molecule has 0 aromatic rings. The molecule has 0 bridgehead atoms. The molecule has 0 aromatic carbocycles. The van der Waals surface area contributed by atoms with Crippen LogP contribution in [0.2, 0.25) is 0 Å². The number of nitrogens with two attached hydrogens (primary N) is 1. The zero-order chi connectivity index (χ0) is 13.8. The summed E-state index contributed by atoms with van der Waals surface area (Å²) in [7, 11) is 0. The Morgan fingerprint density at radius 1 is 1.25 bits per heavy atom. The van der Waals surface area contributed by atoms with Gasteiger partial charge in [-0.2, -0.15) is 0 Å². The fraction of sp³-hybridized carbons (Fsp3) is 0.933. The molecular weight excluding hydrogens is 276 g/mol. The minimum Gasteiger partial charge on any atom is -0.364 e. The lowest BCUT2D eigenvalue weighted by atomic mass is 9.89. The molecule has 0 spiro atoms. The standard InChI is InChI=1S/C15H28N2O2.ClH/c1-11(2)12-4-3-8-17(9-7-12)15(18)14-6-5-13(10-16)19-14;/h11-14H,3-10,16H2,1-2H3;1H/t12?,13-,14+;/m1./s1. The van der Waals surface area contributed by atoms with Crippen molar-refractivity contribution in [2.75, 3.05) is 19.6 Å². The fourth-order valence-corrected chi connectivity index (χ4v) is 3.27. The van der Waals surface area contributed by atoms with E-state index in [1.165, 1.54) is 6.42 Å². The minimum absolute atomic E-state index is 0. The number of ether oxygens (including phenoxy) is 1. The Labute approximate surface area is 128 Å². The van der Waals surface area contributed by atoms with E-state index in [2.05, 4.69) is 13.8 Å². The molecule has 0 radical (unpaired) electrons. The second-order valence-corrected chi connectivity index (χ2v) is 6.32. The number of carbonyl (C=O) groups excluding carboxylic acids is 1. The highest BCUT2D eigenvalue weighted by Crippen LogP contribution is 2.26. The van der Waals surface area contributed by atoms with E-state index in [1.807, 2.05) is 4.90 Å². The van der Waals surface area contributed by atoms with Crippen LogP contribution in [0.15, 0.2) is 0 Å². The molecule has 2 N–H and O–H groups in total. The van der Waals surface area contributed by atoms with Gasteiger partial charge in [0, 0.05) is 19.6 Å². The molecule has 2 fully saturated rings. The number of rotatable bonds is 3. The fourth-order valence-electron chi connectivity index (χ4n) is 3.27. The Bertz CT molecular complexity index is 312. The van der Waals surface area contributed by atoms with Gasteiger partial charge in [0.15, 0.2) is 0 Å². The van der Waals surface area contributed by atoms with Gasteiger partial charge in [-0.15, -0.1) is 12.4 Å². The second kappa shape index (κ2) is 8.20. The maximum absolute atomic E-state index is 12.5. The predicted octanol–water partition coefficient (Wildman–Crippen LogP) is 2.20. The maximum atomic E-state index is 12.5. The zero-order valence-electron chi connectivity index (χ0n) is 12.7. The van der Waals surface area contributed by atoms with E-state index < -0.39 is 0 Å². The van der Waals surface area contributed by atoms with E-state index in [9.17, 15) is 4.79 Å². The van der Waals surface area contributed by atoms with Crippen LogP contribution in [0.5, 0.6) is 0 Å². The molecule has 4 nitrogen and oxygen atoms in total. The van der Waals surface area contributed by atoms with Crippen molar-refractivity contribution in [1.29, 1.82) is 0 Å². The van der Waals surface area contributed by atoms with Crippen LogP contribution in [-0.4, -0.2) is 42.6 Å². The largest absolute Gasteiger partial charge is 0.364 e. The van der Waals surface area contributed by atoms with Crippen molar-refractivity contribution in [2.24, 2.45) is 17.6 Å². The molecule has 20 heavy (non-hydrogen) atoms. The average molecular weight is 305 g/mol. The summed E-state index contributed by atoms with van der Waals surface area (Å²) in [6.07, 6.45) is 5.13. The van der Waals surface area contributed by atoms with Crippen LogP contribution in [0.4, 0.5) is 0 Å². The molecule has 1 amide bonds. The van der Waals surface area contributed by atoms with E-state index in [0.717, 1.165) is 50.6 Å². The van der Waals surface area contributed by atoms with Gasteiger partial charge in [-0.1, -0.05) is 13.8 Å². The Hall–Kier alpha value is -0.320. The van der Waals surface area contributed by atoms with Crippen molar-refractivity contribution in [1.82, 2.24) is 4.90 Å². The Morgan fingerprint density at radius 2 is 2.00 bits per heavy atom. The maximum Gasteiger partial charge on any atom is 0.251 e. The first kappa shape index (κ1) is 17.7. The van der Waals surface area contributed by atoms with E-state index in [1.54, 1.807) is 0 Å². The number of nitrogens with zero attached hydrogens (tertiary/aromatic N) is 1. The molecule has 2 rings (SSSR count). The first-order chi connectivity index (χ1) is 9.11. The Kier molecular flexibility index (Phi) is 7.27. The van der Waals surface area contributed by atoms with Crippen molar-refractivity contribution in [3.05, 3.63) is 0 Å². The number of likely N-dealkylation sites (tertiary alicyclic amines) is 1. The van der Waals surface area contributed by atoms with Gasteiger partial charge in [0.1, 0.15) is 6.10 Å². The number of amides is 1. The van der Waals surface area contributed by atoms with Gasteiger partial charge in [0.2, 0.25) is 0 Å². The molecule has 3 atom stereocenters. The highest BCUT2D eigenvalue weighted by molar-refractivity contribution is 5.85. The molecule has 5 heteroatoms. The minimum atomic E-state index is -0.232.